The summed E-state index contributed by atoms with van der Waals surface area (Å²) < 4.78 is 0. The van der Waals surface area contributed by atoms with Crippen LogP contribution in [-0.4, -0.2) is 0 Å². The van der Waals surface area contributed by atoms with Gasteiger partial charge >= 0.3 is 0 Å². The lowest BCUT2D eigenvalue weighted by molar-refractivity contribution is 0.920. The Morgan fingerprint density at radius 3 is 2.32 bits per heavy atom. The van der Waals surface area contributed by atoms with Crippen molar-refractivity contribution in [1.29, 1.82) is 0 Å². The molecule has 0 unspecified atom stereocenters. The average molecular weight is 331 g/mol. The fourth-order valence-corrected chi connectivity index (χ4v) is 2.76. The lowest BCUT2D eigenvalue weighted by Gasteiger charge is -2.08. The molecule has 0 fully saturated rings. The topological polar surface area (TPSA) is 0 Å². The molecule has 0 spiro atoms. The van der Waals surface area contributed by atoms with Crippen molar-refractivity contribution in [1.82, 2.24) is 0 Å². The van der Waals surface area contributed by atoms with Crippen molar-refractivity contribution in [3.63, 3.8) is 0 Å². The highest BCUT2D eigenvalue weighted by atomic mass is 35.5. The van der Waals surface area contributed by atoms with Crippen molar-refractivity contribution >= 4 is 24.2 Å². The van der Waals surface area contributed by atoms with Crippen LogP contribution >= 0.6 is 24.2 Å². The SMILES string of the molecule is CCCc1ccc(Cc2cc(C/C=C(/C)S)ccc2Cl)cc1. The van der Waals surface area contributed by atoms with Crippen molar-refractivity contribution in [2.75, 3.05) is 0 Å². The number of hydrogen-bond acceptors (Lipinski definition) is 1. The average Bonchev–Trinajstić information content (AvgIpc) is 2.50. The zero-order valence-corrected chi connectivity index (χ0v) is 14.9. The molecule has 0 atom stereocenters. The van der Waals surface area contributed by atoms with Gasteiger partial charge in [-0.3, -0.25) is 0 Å². The third kappa shape index (κ3) is 5.23. The second-order valence-corrected chi connectivity index (χ2v) is 6.83. The van der Waals surface area contributed by atoms with Crippen molar-refractivity contribution in [2.24, 2.45) is 0 Å². The van der Waals surface area contributed by atoms with Crippen molar-refractivity contribution in [2.45, 2.75) is 39.5 Å². The Morgan fingerprint density at radius 2 is 1.68 bits per heavy atom. The van der Waals surface area contributed by atoms with E-state index in [4.69, 9.17) is 11.6 Å². The van der Waals surface area contributed by atoms with Crippen LogP contribution in [-0.2, 0) is 19.3 Å². The van der Waals surface area contributed by atoms with Crippen LogP contribution < -0.4 is 0 Å². The summed E-state index contributed by atoms with van der Waals surface area (Å²) in [5, 5.41) is 0.841. The summed E-state index contributed by atoms with van der Waals surface area (Å²) in [4.78, 5) is 1.04. The molecular weight excluding hydrogens is 308 g/mol. The van der Waals surface area contributed by atoms with Gasteiger partial charge in [-0.15, -0.1) is 12.6 Å². The van der Waals surface area contributed by atoms with E-state index in [-0.39, 0.29) is 0 Å². The highest BCUT2D eigenvalue weighted by Gasteiger charge is 2.04. The molecule has 2 aromatic rings. The maximum absolute atomic E-state index is 6.36. The fraction of sp³-hybridized carbons (Fsp3) is 0.300. The first kappa shape index (κ1) is 17.2. The van der Waals surface area contributed by atoms with Crippen LogP contribution in [0.3, 0.4) is 0 Å². The number of halogens is 1. The van der Waals surface area contributed by atoms with E-state index in [1.165, 1.54) is 28.7 Å². The molecule has 116 valence electrons. The summed E-state index contributed by atoms with van der Waals surface area (Å²) in [5.74, 6) is 0. The Balaban J connectivity index is 2.14. The number of aryl methyl sites for hydroxylation is 1. The third-order valence-electron chi connectivity index (χ3n) is 3.70. The molecule has 22 heavy (non-hydrogen) atoms. The molecule has 0 nitrogen and oxygen atoms in total. The molecule has 0 heterocycles. The lowest BCUT2D eigenvalue weighted by atomic mass is 10.00. The van der Waals surface area contributed by atoms with Crippen LogP contribution in [0.1, 0.15) is 42.5 Å². The van der Waals surface area contributed by atoms with Gasteiger partial charge in [-0.2, -0.15) is 0 Å². The van der Waals surface area contributed by atoms with Crippen LogP contribution in [0.5, 0.6) is 0 Å². The highest BCUT2D eigenvalue weighted by molar-refractivity contribution is 7.84. The van der Waals surface area contributed by atoms with Crippen molar-refractivity contribution in [3.8, 4) is 0 Å². The number of rotatable bonds is 6. The first-order valence-electron chi connectivity index (χ1n) is 7.79. The standard InChI is InChI=1S/C20H23ClS/c1-3-4-16-7-9-18(10-8-16)14-19-13-17(6-5-15(2)22)11-12-20(19)21/h5,7-13,22H,3-4,6,14H2,1-2H3/b15-5-. The summed E-state index contributed by atoms with van der Waals surface area (Å²) in [6, 6.07) is 15.2. The van der Waals surface area contributed by atoms with E-state index in [0.29, 0.717) is 0 Å². The quantitative estimate of drug-likeness (QED) is 0.594. The van der Waals surface area contributed by atoms with Gasteiger partial charge in [0.2, 0.25) is 0 Å². The summed E-state index contributed by atoms with van der Waals surface area (Å²) in [6.07, 6.45) is 6.23. The largest absolute Gasteiger partial charge is 0.149 e. The van der Waals surface area contributed by atoms with Gasteiger partial charge in [-0.05, 0) is 59.4 Å². The Morgan fingerprint density at radius 1 is 1.05 bits per heavy atom. The monoisotopic (exact) mass is 330 g/mol. The van der Waals surface area contributed by atoms with Gasteiger partial charge in [-0.25, -0.2) is 0 Å². The molecule has 0 aliphatic heterocycles. The lowest BCUT2D eigenvalue weighted by Crippen LogP contribution is -1.93. The minimum atomic E-state index is 0.841. The smallest absolute Gasteiger partial charge is 0.0441 e. The maximum Gasteiger partial charge on any atom is 0.0441 e. The fourth-order valence-electron chi connectivity index (χ4n) is 2.49. The summed E-state index contributed by atoms with van der Waals surface area (Å²) in [5.41, 5.74) is 5.17. The van der Waals surface area contributed by atoms with E-state index in [1.807, 2.05) is 13.0 Å². The second-order valence-electron chi connectivity index (χ2n) is 5.72. The predicted molar refractivity (Wildman–Crippen MR) is 101 cm³/mol. The van der Waals surface area contributed by atoms with Crippen molar-refractivity contribution in [3.05, 3.63) is 80.7 Å². The minimum Gasteiger partial charge on any atom is -0.149 e. The number of benzene rings is 2. The minimum absolute atomic E-state index is 0.841. The summed E-state index contributed by atoms with van der Waals surface area (Å²) in [6.45, 7) is 4.21. The predicted octanol–water partition coefficient (Wildman–Crippen LogP) is 6.26. The van der Waals surface area contributed by atoms with Crippen molar-refractivity contribution < 1.29 is 0 Å². The van der Waals surface area contributed by atoms with E-state index < -0.39 is 0 Å². The molecule has 0 aromatic heterocycles. The molecule has 2 heteroatoms. The first-order valence-corrected chi connectivity index (χ1v) is 8.62. The molecule has 0 N–H and O–H groups in total. The molecule has 0 aliphatic rings. The van der Waals surface area contributed by atoms with Gasteiger partial charge in [0.1, 0.15) is 0 Å². The molecule has 0 amide bonds. The zero-order chi connectivity index (χ0) is 15.9. The Labute approximate surface area is 144 Å². The van der Waals surface area contributed by atoms with Crippen LogP contribution in [0, 0.1) is 0 Å². The number of hydrogen-bond donors (Lipinski definition) is 1. The van der Waals surface area contributed by atoms with E-state index in [1.54, 1.807) is 0 Å². The Kier molecular flexibility index (Phi) is 6.60. The molecule has 2 aromatic carbocycles. The molecule has 0 saturated carbocycles. The van der Waals surface area contributed by atoms with Crippen LogP contribution in [0.2, 0.25) is 5.02 Å². The van der Waals surface area contributed by atoms with E-state index in [0.717, 1.165) is 29.2 Å². The van der Waals surface area contributed by atoms with Crippen LogP contribution in [0.4, 0.5) is 0 Å². The molecule has 0 aliphatic carbocycles. The van der Waals surface area contributed by atoms with Gasteiger partial charge in [0.05, 0.1) is 0 Å². The Hall–Kier alpha value is -1.18. The zero-order valence-electron chi connectivity index (χ0n) is 13.3. The maximum atomic E-state index is 6.36. The van der Waals surface area contributed by atoms with E-state index >= 15 is 0 Å². The van der Waals surface area contributed by atoms with Gasteiger partial charge in [0.25, 0.3) is 0 Å². The van der Waals surface area contributed by atoms with E-state index in [9.17, 15) is 0 Å². The molecule has 0 bridgehead atoms. The van der Waals surface area contributed by atoms with Gasteiger partial charge in [0.15, 0.2) is 0 Å². The molecule has 2 rings (SSSR count). The second kappa shape index (κ2) is 8.45. The Bertz CT molecular complexity index is 637. The van der Waals surface area contributed by atoms with E-state index in [2.05, 4.69) is 62.0 Å². The number of thiol groups is 1. The molecular formula is C20H23ClS. The highest BCUT2D eigenvalue weighted by Crippen LogP contribution is 2.22. The molecule has 0 saturated heterocycles. The van der Waals surface area contributed by atoms with Crippen LogP contribution in [0.15, 0.2) is 53.4 Å². The summed E-state index contributed by atoms with van der Waals surface area (Å²) >= 11 is 10.7. The van der Waals surface area contributed by atoms with Crippen LogP contribution in [0.25, 0.3) is 0 Å². The third-order valence-corrected chi connectivity index (χ3v) is 4.25. The summed E-state index contributed by atoms with van der Waals surface area (Å²) in [7, 11) is 0. The first-order chi connectivity index (χ1) is 10.6. The van der Waals surface area contributed by atoms with Gasteiger partial charge < -0.3 is 0 Å². The number of allylic oxidation sites excluding steroid dienone is 2. The van der Waals surface area contributed by atoms with Gasteiger partial charge in [0, 0.05) is 5.02 Å². The van der Waals surface area contributed by atoms with Gasteiger partial charge in [-0.1, -0.05) is 67.4 Å². The molecule has 0 radical (unpaired) electrons. The normalized spacial score (nSPS) is 11.7.